The molecule has 0 saturated carbocycles. The third kappa shape index (κ3) is 3.28. The van der Waals surface area contributed by atoms with E-state index < -0.39 is 0 Å². The fourth-order valence-electron chi connectivity index (χ4n) is 2.14. The average Bonchev–Trinajstić information content (AvgIpc) is 2.85. The Labute approximate surface area is 96.1 Å². The van der Waals surface area contributed by atoms with Gasteiger partial charge in [-0.15, -0.1) is 11.3 Å². The molecule has 3 heteroatoms. The van der Waals surface area contributed by atoms with Gasteiger partial charge in [0.25, 0.3) is 0 Å². The molecule has 1 aromatic heterocycles. The van der Waals surface area contributed by atoms with Crippen LogP contribution in [-0.4, -0.2) is 17.6 Å². The van der Waals surface area contributed by atoms with Crippen molar-refractivity contribution in [3.05, 3.63) is 16.1 Å². The van der Waals surface area contributed by atoms with E-state index in [-0.39, 0.29) is 0 Å². The highest BCUT2D eigenvalue weighted by atomic mass is 32.1. The zero-order valence-corrected chi connectivity index (χ0v) is 10.3. The average molecular weight is 224 g/mol. The highest BCUT2D eigenvalue weighted by molar-refractivity contribution is 7.09. The Morgan fingerprint density at radius 1 is 1.53 bits per heavy atom. The van der Waals surface area contributed by atoms with Crippen LogP contribution in [-0.2, 0) is 12.8 Å². The summed E-state index contributed by atoms with van der Waals surface area (Å²) in [5, 5.41) is 7.08. The zero-order valence-electron chi connectivity index (χ0n) is 9.46. The molecular formula is C12H20N2S. The minimum absolute atomic E-state index is 0.753. The highest BCUT2D eigenvalue weighted by Gasteiger charge is 2.14. The summed E-state index contributed by atoms with van der Waals surface area (Å²) in [6.07, 6.45) is 7.47. The Hall–Kier alpha value is -0.410. The van der Waals surface area contributed by atoms with E-state index in [1.165, 1.54) is 42.9 Å². The maximum atomic E-state index is 4.65. The fraction of sp³-hybridized carbons (Fsp3) is 0.750. The minimum Gasteiger partial charge on any atom is -0.314 e. The first-order valence-electron chi connectivity index (χ1n) is 6.05. The van der Waals surface area contributed by atoms with Gasteiger partial charge < -0.3 is 5.32 Å². The summed E-state index contributed by atoms with van der Waals surface area (Å²) >= 11 is 1.83. The van der Waals surface area contributed by atoms with Gasteiger partial charge in [0, 0.05) is 17.8 Å². The van der Waals surface area contributed by atoms with E-state index in [1.54, 1.807) is 0 Å². The highest BCUT2D eigenvalue weighted by Crippen LogP contribution is 2.16. The second kappa shape index (κ2) is 5.61. The molecule has 84 valence electrons. The lowest BCUT2D eigenvalue weighted by molar-refractivity contribution is 0.558. The van der Waals surface area contributed by atoms with Gasteiger partial charge in [-0.3, -0.25) is 0 Å². The van der Waals surface area contributed by atoms with Gasteiger partial charge in [0.2, 0.25) is 0 Å². The SMILES string of the molecule is CCCc1csc(CCC2CCCN2)n1. The molecule has 2 nitrogen and oxygen atoms in total. The predicted molar refractivity (Wildman–Crippen MR) is 65.5 cm³/mol. The number of hydrogen-bond acceptors (Lipinski definition) is 3. The molecule has 1 aromatic rings. The maximum absolute atomic E-state index is 4.65. The summed E-state index contributed by atoms with van der Waals surface area (Å²) in [4.78, 5) is 4.65. The molecule has 1 unspecified atom stereocenters. The molecule has 2 rings (SSSR count). The largest absolute Gasteiger partial charge is 0.314 e. The Morgan fingerprint density at radius 2 is 2.47 bits per heavy atom. The van der Waals surface area contributed by atoms with Crippen LogP contribution in [0.5, 0.6) is 0 Å². The smallest absolute Gasteiger partial charge is 0.0928 e. The van der Waals surface area contributed by atoms with Crippen molar-refractivity contribution in [3.63, 3.8) is 0 Å². The predicted octanol–water partition coefficient (Wildman–Crippen LogP) is 2.78. The van der Waals surface area contributed by atoms with Crippen LogP contribution in [0.4, 0.5) is 0 Å². The van der Waals surface area contributed by atoms with Gasteiger partial charge in [-0.25, -0.2) is 4.98 Å². The number of thiazole rings is 1. The number of nitrogens with one attached hydrogen (secondary N) is 1. The van der Waals surface area contributed by atoms with Gasteiger partial charge in [0.05, 0.1) is 10.7 Å². The summed E-state index contributed by atoms with van der Waals surface area (Å²) in [7, 11) is 0. The topological polar surface area (TPSA) is 24.9 Å². The van der Waals surface area contributed by atoms with Crippen molar-refractivity contribution in [3.8, 4) is 0 Å². The van der Waals surface area contributed by atoms with E-state index in [9.17, 15) is 0 Å². The van der Waals surface area contributed by atoms with Crippen LogP contribution in [0.2, 0.25) is 0 Å². The summed E-state index contributed by atoms with van der Waals surface area (Å²) in [6.45, 7) is 3.42. The molecule has 1 aliphatic heterocycles. The van der Waals surface area contributed by atoms with E-state index in [1.807, 2.05) is 11.3 Å². The third-order valence-corrected chi connectivity index (χ3v) is 3.93. The summed E-state index contributed by atoms with van der Waals surface area (Å²) < 4.78 is 0. The van der Waals surface area contributed by atoms with Crippen LogP contribution >= 0.6 is 11.3 Å². The van der Waals surface area contributed by atoms with E-state index in [4.69, 9.17) is 0 Å². The molecule has 1 aliphatic rings. The third-order valence-electron chi connectivity index (χ3n) is 2.97. The van der Waals surface area contributed by atoms with Gasteiger partial charge in [0.1, 0.15) is 0 Å². The van der Waals surface area contributed by atoms with Crippen molar-refractivity contribution in [2.24, 2.45) is 0 Å². The van der Waals surface area contributed by atoms with Crippen molar-refractivity contribution >= 4 is 11.3 Å². The normalized spacial score (nSPS) is 21.0. The van der Waals surface area contributed by atoms with Crippen LogP contribution in [0.25, 0.3) is 0 Å². The molecule has 1 saturated heterocycles. The Bertz CT molecular complexity index is 290. The van der Waals surface area contributed by atoms with Gasteiger partial charge in [-0.2, -0.15) is 0 Å². The van der Waals surface area contributed by atoms with Crippen molar-refractivity contribution < 1.29 is 0 Å². The maximum Gasteiger partial charge on any atom is 0.0928 e. The lowest BCUT2D eigenvalue weighted by Gasteiger charge is -2.07. The Balaban J connectivity index is 1.77. The van der Waals surface area contributed by atoms with E-state index in [0.29, 0.717) is 0 Å². The van der Waals surface area contributed by atoms with Crippen LogP contribution in [0.1, 0.15) is 43.3 Å². The number of hydrogen-bond donors (Lipinski definition) is 1. The summed E-state index contributed by atoms with van der Waals surface area (Å²) in [5.74, 6) is 0. The molecule has 1 fully saturated rings. The molecule has 15 heavy (non-hydrogen) atoms. The second-order valence-corrected chi connectivity index (χ2v) is 5.26. The first-order valence-corrected chi connectivity index (χ1v) is 6.93. The van der Waals surface area contributed by atoms with Crippen molar-refractivity contribution in [2.75, 3.05) is 6.54 Å². The molecule has 0 amide bonds. The molecule has 0 aliphatic carbocycles. The van der Waals surface area contributed by atoms with E-state index in [2.05, 4.69) is 22.6 Å². The van der Waals surface area contributed by atoms with E-state index >= 15 is 0 Å². The minimum atomic E-state index is 0.753. The van der Waals surface area contributed by atoms with Gasteiger partial charge in [-0.1, -0.05) is 13.3 Å². The van der Waals surface area contributed by atoms with Gasteiger partial charge in [0.15, 0.2) is 0 Å². The number of aryl methyl sites for hydroxylation is 2. The molecule has 0 bridgehead atoms. The quantitative estimate of drug-likeness (QED) is 0.832. The zero-order chi connectivity index (χ0) is 10.5. The molecule has 2 heterocycles. The lowest BCUT2D eigenvalue weighted by atomic mass is 10.1. The molecule has 0 spiro atoms. The second-order valence-electron chi connectivity index (χ2n) is 4.31. The van der Waals surface area contributed by atoms with Crippen molar-refractivity contribution in [1.82, 2.24) is 10.3 Å². The summed E-state index contributed by atoms with van der Waals surface area (Å²) in [6, 6.07) is 0.753. The standard InChI is InChI=1S/C12H20N2S/c1-2-4-11-9-15-12(14-11)7-6-10-5-3-8-13-10/h9-10,13H,2-8H2,1H3. The monoisotopic (exact) mass is 224 g/mol. The number of aromatic nitrogens is 1. The lowest BCUT2D eigenvalue weighted by Crippen LogP contribution is -2.21. The van der Waals surface area contributed by atoms with Crippen LogP contribution < -0.4 is 5.32 Å². The van der Waals surface area contributed by atoms with Gasteiger partial charge >= 0.3 is 0 Å². The van der Waals surface area contributed by atoms with Crippen molar-refractivity contribution in [2.45, 2.75) is 51.5 Å². The Kier molecular flexibility index (Phi) is 4.15. The molecule has 1 N–H and O–H groups in total. The van der Waals surface area contributed by atoms with Crippen LogP contribution in [0.15, 0.2) is 5.38 Å². The first-order chi connectivity index (χ1) is 7.38. The first kappa shape index (κ1) is 11.1. The van der Waals surface area contributed by atoms with Crippen molar-refractivity contribution in [1.29, 1.82) is 0 Å². The van der Waals surface area contributed by atoms with E-state index in [0.717, 1.165) is 18.9 Å². The molecule has 1 atom stereocenters. The molecular weight excluding hydrogens is 204 g/mol. The number of nitrogens with zero attached hydrogens (tertiary/aromatic N) is 1. The molecule has 0 aromatic carbocycles. The summed E-state index contributed by atoms with van der Waals surface area (Å²) in [5.41, 5.74) is 1.29. The molecule has 0 radical (unpaired) electrons. The fourth-order valence-corrected chi connectivity index (χ4v) is 2.98. The van der Waals surface area contributed by atoms with Crippen LogP contribution in [0, 0.1) is 0 Å². The number of rotatable bonds is 5. The van der Waals surface area contributed by atoms with Gasteiger partial charge in [-0.05, 0) is 32.2 Å². The van der Waals surface area contributed by atoms with Crippen LogP contribution in [0.3, 0.4) is 0 Å². The Morgan fingerprint density at radius 3 is 3.20 bits per heavy atom.